The van der Waals surface area contributed by atoms with Crippen molar-refractivity contribution in [2.24, 2.45) is 12.0 Å². The number of aliphatic imine (C=N–C) groups is 1. The predicted molar refractivity (Wildman–Crippen MR) is 125 cm³/mol. The number of hydrogen-bond acceptors (Lipinski definition) is 4. The molecule has 0 amide bonds. The molecule has 0 aliphatic carbocycles. The summed E-state index contributed by atoms with van der Waals surface area (Å²) in [6.45, 7) is 7.61. The number of nitrogens with one attached hydrogen (secondary N) is 1. The summed E-state index contributed by atoms with van der Waals surface area (Å²) in [6.07, 6.45) is 4.87. The fourth-order valence-electron chi connectivity index (χ4n) is 3.30. The number of methoxy groups -OCH3 is 1. The Morgan fingerprint density at radius 1 is 1.25 bits per heavy atom. The Labute approximate surface area is 184 Å². The Morgan fingerprint density at radius 3 is 2.68 bits per heavy atom. The first-order chi connectivity index (χ1) is 13.2. The van der Waals surface area contributed by atoms with Crippen LogP contribution in [0.25, 0.3) is 0 Å². The molecule has 0 atom stereocenters. The molecule has 1 aliphatic rings. The number of piperazine rings is 1. The van der Waals surface area contributed by atoms with E-state index in [1.807, 2.05) is 30.1 Å². The van der Waals surface area contributed by atoms with Crippen LogP contribution in [0.1, 0.15) is 12.5 Å². The van der Waals surface area contributed by atoms with Crippen LogP contribution in [0.2, 0.25) is 0 Å². The molecule has 28 heavy (non-hydrogen) atoms. The smallest absolute Gasteiger partial charge is 0.194 e. The van der Waals surface area contributed by atoms with E-state index in [0.29, 0.717) is 0 Å². The zero-order chi connectivity index (χ0) is 19.1. The molecule has 2 heterocycles. The number of rotatable bonds is 6. The van der Waals surface area contributed by atoms with E-state index in [9.17, 15) is 0 Å². The maximum absolute atomic E-state index is 5.35. The topological polar surface area (TPSA) is 57.9 Å². The molecule has 3 rings (SSSR count). The quantitative estimate of drug-likeness (QED) is 0.377. The van der Waals surface area contributed by atoms with Gasteiger partial charge in [0.1, 0.15) is 5.75 Å². The lowest BCUT2D eigenvalue weighted by Gasteiger charge is -2.37. The standard InChI is InChI=1S/C20H30N6O.HI/c1-4-21-20(22-9-8-17-15-23-24(2)16-17)26-12-10-25(11-13-26)18-6-5-7-19(14-18)27-3;/h5-7,14-16H,4,8-13H2,1-3H3,(H,21,22);1H. The van der Waals surface area contributed by atoms with Crippen molar-refractivity contribution in [2.45, 2.75) is 13.3 Å². The third kappa shape index (κ3) is 6.02. The van der Waals surface area contributed by atoms with Crippen molar-refractivity contribution in [3.63, 3.8) is 0 Å². The van der Waals surface area contributed by atoms with Crippen molar-refractivity contribution in [2.75, 3.05) is 51.3 Å². The summed E-state index contributed by atoms with van der Waals surface area (Å²) < 4.78 is 7.18. The molecule has 0 saturated carbocycles. The van der Waals surface area contributed by atoms with Crippen LogP contribution in [0.5, 0.6) is 5.75 Å². The van der Waals surface area contributed by atoms with Gasteiger partial charge in [-0.05, 0) is 31.0 Å². The van der Waals surface area contributed by atoms with E-state index in [4.69, 9.17) is 9.73 Å². The van der Waals surface area contributed by atoms with E-state index in [0.717, 1.165) is 57.4 Å². The maximum atomic E-state index is 5.35. The molecule has 0 unspecified atom stereocenters. The molecule has 1 aromatic heterocycles. The summed E-state index contributed by atoms with van der Waals surface area (Å²) in [7, 11) is 3.65. The molecular formula is C20H31IN6O. The molecule has 0 radical (unpaired) electrons. The van der Waals surface area contributed by atoms with Gasteiger partial charge in [-0.1, -0.05) is 6.07 Å². The van der Waals surface area contributed by atoms with Crippen LogP contribution in [0.4, 0.5) is 5.69 Å². The highest BCUT2D eigenvalue weighted by Gasteiger charge is 2.20. The van der Waals surface area contributed by atoms with E-state index in [-0.39, 0.29) is 24.0 Å². The minimum atomic E-state index is 0. The highest BCUT2D eigenvalue weighted by atomic mass is 127. The Morgan fingerprint density at radius 2 is 2.04 bits per heavy atom. The summed E-state index contributed by atoms with van der Waals surface area (Å²) in [4.78, 5) is 9.57. The number of ether oxygens (including phenoxy) is 1. The minimum Gasteiger partial charge on any atom is -0.497 e. The van der Waals surface area contributed by atoms with Gasteiger partial charge < -0.3 is 19.9 Å². The Hall–Kier alpha value is -1.97. The van der Waals surface area contributed by atoms with E-state index in [1.165, 1.54) is 11.3 Å². The first-order valence-electron chi connectivity index (χ1n) is 9.59. The van der Waals surface area contributed by atoms with Gasteiger partial charge in [0.2, 0.25) is 0 Å². The van der Waals surface area contributed by atoms with Gasteiger partial charge in [-0.15, -0.1) is 24.0 Å². The number of anilines is 1. The summed E-state index contributed by atoms with van der Waals surface area (Å²) >= 11 is 0. The zero-order valence-electron chi connectivity index (χ0n) is 17.0. The van der Waals surface area contributed by atoms with Crippen molar-refractivity contribution < 1.29 is 4.74 Å². The summed E-state index contributed by atoms with van der Waals surface area (Å²) in [5, 5.41) is 7.65. The molecule has 1 fully saturated rings. The van der Waals surface area contributed by atoms with E-state index in [1.54, 1.807) is 7.11 Å². The monoisotopic (exact) mass is 498 g/mol. The van der Waals surface area contributed by atoms with Crippen LogP contribution in [0.3, 0.4) is 0 Å². The number of nitrogens with zero attached hydrogens (tertiary/aromatic N) is 5. The second-order valence-electron chi connectivity index (χ2n) is 6.68. The van der Waals surface area contributed by atoms with Gasteiger partial charge in [0.05, 0.1) is 13.3 Å². The van der Waals surface area contributed by atoms with Gasteiger partial charge >= 0.3 is 0 Å². The maximum Gasteiger partial charge on any atom is 0.194 e. The van der Waals surface area contributed by atoms with E-state index < -0.39 is 0 Å². The number of aromatic nitrogens is 2. The Balaban J connectivity index is 0.00000280. The number of hydrogen-bond donors (Lipinski definition) is 1. The molecule has 2 aromatic rings. The lowest BCUT2D eigenvalue weighted by molar-refractivity contribution is 0.372. The number of guanidine groups is 1. The van der Waals surface area contributed by atoms with Crippen molar-refractivity contribution in [1.29, 1.82) is 0 Å². The van der Waals surface area contributed by atoms with Gasteiger partial charge in [-0.2, -0.15) is 5.10 Å². The molecule has 154 valence electrons. The minimum absolute atomic E-state index is 0. The summed E-state index contributed by atoms with van der Waals surface area (Å²) in [6, 6.07) is 8.27. The van der Waals surface area contributed by atoms with Crippen molar-refractivity contribution in [1.82, 2.24) is 20.0 Å². The largest absolute Gasteiger partial charge is 0.497 e. The number of aryl methyl sites for hydroxylation is 1. The molecular weight excluding hydrogens is 467 g/mol. The number of benzene rings is 1. The van der Waals surface area contributed by atoms with Crippen LogP contribution in [-0.2, 0) is 13.5 Å². The SMILES string of the molecule is CCNC(=NCCc1cnn(C)c1)N1CCN(c2cccc(OC)c2)CC1.I. The van der Waals surface area contributed by atoms with Crippen LogP contribution in [-0.4, -0.2) is 67.0 Å². The van der Waals surface area contributed by atoms with Gasteiger partial charge in [0.25, 0.3) is 0 Å². The van der Waals surface area contributed by atoms with Crippen LogP contribution >= 0.6 is 24.0 Å². The second-order valence-corrected chi connectivity index (χ2v) is 6.68. The van der Waals surface area contributed by atoms with Crippen molar-refractivity contribution in [3.8, 4) is 5.75 Å². The highest BCUT2D eigenvalue weighted by molar-refractivity contribution is 14.0. The van der Waals surface area contributed by atoms with Crippen molar-refractivity contribution in [3.05, 3.63) is 42.2 Å². The zero-order valence-corrected chi connectivity index (χ0v) is 19.3. The van der Waals surface area contributed by atoms with E-state index >= 15 is 0 Å². The second kappa shape index (κ2) is 11.1. The van der Waals surface area contributed by atoms with Gasteiger partial charge in [-0.25, -0.2) is 0 Å². The average Bonchev–Trinajstić information content (AvgIpc) is 3.12. The summed E-state index contributed by atoms with van der Waals surface area (Å²) in [5.74, 6) is 1.91. The molecule has 0 spiro atoms. The van der Waals surface area contributed by atoms with Crippen LogP contribution in [0, 0.1) is 0 Å². The first-order valence-corrected chi connectivity index (χ1v) is 9.59. The first kappa shape index (κ1) is 22.3. The molecule has 1 aliphatic heterocycles. The lowest BCUT2D eigenvalue weighted by Crippen LogP contribution is -2.52. The van der Waals surface area contributed by atoms with Crippen molar-refractivity contribution >= 4 is 35.6 Å². The Bertz CT molecular complexity index is 755. The normalized spacial score (nSPS) is 14.6. The average molecular weight is 498 g/mol. The molecule has 1 aromatic carbocycles. The van der Waals surface area contributed by atoms with Crippen LogP contribution < -0.4 is 15.0 Å². The fraction of sp³-hybridized carbons (Fsp3) is 0.500. The third-order valence-corrected chi connectivity index (χ3v) is 4.75. The lowest BCUT2D eigenvalue weighted by atomic mass is 10.2. The van der Waals surface area contributed by atoms with Gasteiger partial charge in [0, 0.05) is 64.3 Å². The molecule has 8 heteroatoms. The molecule has 7 nitrogen and oxygen atoms in total. The van der Waals surface area contributed by atoms with E-state index in [2.05, 4.69) is 45.5 Å². The molecule has 1 N–H and O–H groups in total. The van der Waals surface area contributed by atoms with Crippen LogP contribution in [0.15, 0.2) is 41.7 Å². The molecule has 0 bridgehead atoms. The number of halogens is 1. The molecule has 1 saturated heterocycles. The predicted octanol–water partition coefficient (Wildman–Crippen LogP) is 2.38. The third-order valence-electron chi connectivity index (χ3n) is 4.75. The van der Waals surface area contributed by atoms with Gasteiger partial charge in [0.15, 0.2) is 5.96 Å². The van der Waals surface area contributed by atoms with Gasteiger partial charge in [-0.3, -0.25) is 9.67 Å². The Kier molecular flexibility index (Phi) is 8.88. The summed E-state index contributed by atoms with van der Waals surface area (Å²) in [5.41, 5.74) is 2.44. The highest BCUT2D eigenvalue weighted by Crippen LogP contribution is 2.22. The fourth-order valence-corrected chi connectivity index (χ4v) is 3.30.